The van der Waals surface area contributed by atoms with Gasteiger partial charge >= 0.3 is 0 Å². The third-order valence-corrected chi connectivity index (χ3v) is 5.63. The average Bonchev–Trinajstić information content (AvgIpc) is 3.28. The number of aromatic nitrogens is 3. The van der Waals surface area contributed by atoms with Gasteiger partial charge in [0, 0.05) is 30.5 Å². The van der Waals surface area contributed by atoms with E-state index in [9.17, 15) is 4.79 Å². The zero-order valence-corrected chi connectivity index (χ0v) is 15.8. The molecule has 1 aliphatic carbocycles. The van der Waals surface area contributed by atoms with Gasteiger partial charge in [0.1, 0.15) is 23.2 Å². The van der Waals surface area contributed by atoms with Crippen molar-refractivity contribution in [1.82, 2.24) is 19.9 Å². The molecule has 1 saturated heterocycles. The van der Waals surface area contributed by atoms with Crippen LogP contribution in [0, 0.1) is 5.92 Å². The summed E-state index contributed by atoms with van der Waals surface area (Å²) in [5.74, 6) is 1.51. The van der Waals surface area contributed by atoms with E-state index < -0.39 is 0 Å². The Morgan fingerprint density at radius 2 is 2.18 bits per heavy atom. The van der Waals surface area contributed by atoms with Crippen molar-refractivity contribution in [2.24, 2.45) is 5.92 Å². The van der Waals surface area contributed by atoms with Crippen molar-refractivity contribution in [3.05, 3.63) is 36.7 Å². The van der Waals surface area contributed by atoms with Gasteiger partial charge in [-0.15, -0.1) is 0 Å². The molecule has 1 unspecified atom stereocenters. The second-order valence-electron chi connectivity index (χ2n) is 7.76. The first-order valence-electron chi connectivity index (χ1n) is 9.75. The van der Waals surface area contributed by atoms with E-state index in [4.69, 9.17) is 10.5 Å². The highest BCUT2D eigenvalue weighted by atomic mass is 16.5. The number of rotatable bonds is 5. The predicted molar refractivity (Wildman–Crippen MR) is 107 cm³/mol. The number of nitrogens with zero attached hydrogens (tertiary/aromatic N) is 3. The van der Waals surface area contributed by atoms with Crippen molar-refractivity contribution in [2.45, 2.75) is 38.3 Å². The lowest BCUT2D eigenvalue weighted by atomic mass is 10.0. The van der Waals surface area contributed by atoms with Crippen molar-refractivity contribution in [3.63, 3.8) is 0 Å². The Morgan fingerprint density at radius 1 is 1.32 bits per heavy atom. The summed E-state index contributed by atoms with van der Waals surface area (Å²) in [6.45, 7) is 2.68. The van der Waals surface area contributed by atoms with Crippen LogP contribution in [0.15, 0.2) is 36.7 Å². The maximum Gasteiger partial charge on any atom is 0.220 e. The molecule has 144 valence electrons. The molecule has 0 bridgehead atoms. The largest absolute Gasteiger partial charge is 0.488 e. The zero-order chi connectivity index (χ0) is 19.3. The highest BCUT2D eigenvalue weighted by Crippen LogP contribution is 2.41. The molecule has 5 rings (SSSR count). The van der Waals surface area contributed by atoms with E-state index in [1.807, 2.05) is 37.5 Å². The van der Waals surface area contributed by atoms with Gasteiger partial charge in [0.05, 0.1) is 17.5 Å². The molecule has 1 aliphatic heterocycles. The topological polar surface area (TPSA) is 95.1 Å². The van der Waals surface area contributed by atoms with E-state index in [2.05, 4.69) is 19.9 Å². The maximum atomic E-state index is 11.6. The highest BCUT2D eigenvalue weighted by molar-refractivity contribution is 5.88. The fourth-order valence-corrected chi connectivity index (χ4v) is 3.87. The highest BCUT2D eigenvalue weighted by Gasteiger charge is 2.30. The standard InChI is InChI=1S/C21H23N5O2/c1-12(14-9-20(27)23-10-14)28-18-8-13(16-3-2-4-19(22)25-16)7-17-21(18)26(11-24-17)15-5-6-15/h2-4,7-8,11-12,14-15H,5-6,9-10H2,1H3,(H2,22,25)(H,23,27)/t12-,14?/m1/s1. The van der Waals surface area contributed by atoms with Gasteiger partial charge in [-0.05, 0) is 44.0 Å². The van der Waals surface area contributed by atoms with Crippen LogP contribution in [0.2, 0.25) is 0 Å². The lowest BCUT2D eigenvalue weighted by Crippen LogP contribution is -2.25. The van der Waals surface area contributed by atoms with E-state index in [0.717, 1.165) is 28.0 Å². The van der Waals surface area contributed by atoms with E-state index in [-0.39, 0.29) is 17.9 Å². The van der Waals surface area contributed by atoms with Crippen molar-refractivity contribution in [2.75, 3.05) is 12.3 Å². The molecule has 2 atom stereocenters. The first-order chi connectivity index (χ1) is 13.6. The van der Waals surface area contributed by atoms with Gasteiger partial charge in [0.25, 0.3) is 0 Å². The number of hydrogen-bond donors (Lipinski definition) is 2. The zero-order valence-electron chi connectivity index (χ0n) is 15.8. The van der Waals surface area contributed by atoms with Crippen molar-refractivity contribution >= 4 is 22.8 Å². The molecule has 0 radical (unpaired) electrons. The normalized spacial score (nSPS) is 20.3. The molecule has 1 saturated carbocycles. The minimum atomic E-state index is -0.0891. The first-order valence-corrected chi connectivity index (χ1v) is 9.75. The summed E-state index contributed by atoms with van der Waals surface area (Å²) in [6, 6.07) is 10.1. The lowest BCUT2D eigenvalue weighted by molar-refractivity contribution is -0.119. The Balaban J connectivity index is 1.57. The Morgan fingerprint density at radius 3 is 2.89 bits per heavy atom. The fourth-order valence-electron chi connectivity index (χ4n) is 3.87. The van der Waals surface area contributed by atoms with Crippen LogP contribution < -0.4 is 15.8 Å². The predicted octanol–water partition coefficient (Wildman–Crippen LogP) is 2.92. The number of fused-ring (bicyclic) bond motifs is 1. The number of amides is 1. The first kappa shape index (κ1) is 17.0. The van der Waals surface area contributed by atoms with Crippen LogP contribution in [-0.4, -0.2) is 33.1 Å². The SMILES string of the molecule is C[C@@H](Oc1cc(-c2cccc(N)n2)cc2ncn(C3CC3)c12)C1CNC(=O)C1. The molecule has 0 spiro atoms. The third kappa shape index (κ3) is 3.06. The molecule has 3 heterocycles. The molecule has 28 heavy (non-hydrogen) atoms. The molecule has 3 N–H and O–H groups in total. The van der Waals surface area contributed by atoms with Crippen LogP contribution in [0.3, 0.4) is 0 Å². The Kier molecular flexibility index (Phi) is 3.96. The summed E-state index contributed by atoms with van der Waals surface area (Å²) >= 11 is 0. The minimum Gasteiger partial charge on any atom is -0.488 e. The van der Waals surface area contributed by atoms with Gasteiger partial charge in [0.2, 0.25) is 5.91 Å². The molecule has 3 aromatic rings. The second-order valence-corrected chi connectivity index (χ2v) is 7.76. The van der Waals surface area contributed by atoms with Crippen LogP contribution >= 0.6 is 0 Å². The van der Waals surface area contributed by atoms with Gasteiger partial charge < -0.3 is 20.4 Å². The van der Waals surface area contributed by atoms with Crippen LogP contribution in [0.1, 0.15) is 32.2 Å². The molecular weight excluding hydrogens is 354 g/mol. The van der Waals surface area contributed by atoms with Crippen molar-refractivity contribution in [3.8, 4) is 17.0 Å². The Bertz CT molecular complexity index is 1060. The summed E-state index contributed by atoms with van der Waals surface area (Å²) < 4.78 is 8.63. The maximum absolute atomic E-state index is 11.6. The number of ether oxygens (including phenoxy) is 1. The summed E-state index contributed by atoms with van der Waals surface area (Å²) in [5, 5.41) is 2.89. The lowest BCUT2D eigenvalue weighted by Gasteiger charge is -2.21. The van der Waals surface area contributed by atoms with Crippen LogP contribution in [-0.2, 0) is 4.79 Å². The van der Waals surface area contributed by atoms with E-state index in [0.29, 0.717) is 24.8 Å². The molecule has 2 aromatic heterocycles. The Hall–Kier alpha value is -3.09. The van der Waals surface area contributed by atoms with Gasteiger partial charge in [-0.25, -0.2) is 9.97 Å². The summed E-state index contributed by atoms with van der Waals surface area (Å²) in [4.78, 5) is 20.7. The molecule has 2 fully saturated rings. The number of nitrogens with two attached hydrogens (primary N) is 1. The molecule has 2 aliphatic rings. The molecule has 1 amide bonds. The van der Waals surface area contributed by atoms with Gasteiger partial charge in [-0.3, -0.25) is 4.79 Å². The van der Waals surface area contributed by atoms with Gasteiger partial charge in [-0.1, -0.05) is 6.07 Å². The number of benzene rings is 1. The van der Waals surface area contributed by atoms with Crippen LogP contribution in [0.4, 0.5) is 5.82 Å². The number of nitrogen functional groups attached to an aromatic ring is 1. The third-order valence-electron chi connectivity index (χ3n) is 5.63. The minimum absolute atomic E-state index is 0.0891. The van der Waals surface area contributed by atoms with Crippen molar-refractivity contribution < 1.29 is 9.53 Å². The number of carbonyl (C=O) groups is 1. The van der Waals surface area contributed by atoms with E-state index in [1.54, 1.807) is 6.07 Å². The number of imidazole rings is 1. The number of carbonyl (C=O) groups excluding carboxylic acids is 1. The molecule has 7 nitrogen and oxygen atoms in total. The summed E-state index contributed by atoms with van der Waals surface area (Å²) in [7, 11) is 0. The van der Waals surface area contributed by atoms with E-state index >= 15 is 0 Å². The van der Waals surface area contributed by atoms with Crippen LogP contribution in [0.5, 0.6) is 5.75 Å². The quantitative estimate of drug-likeness (QED) is 0.713. The fraction of sp³-hybridized carbons (Fsp3) is 0.381. The van der Waals surface area contributed by atoms with Crippen LogP contribution in [0.25, 0.3) is 22.3 Å². The monoisotopic (exact) mass is 377 g/mol. The number of anilines is 1. The number of nitrogens with one attached hydrogen (secondary N) is 1. The molecule has 1 aromatic carbocycles. The van der Waals surface area contributed by atoms with E-state index in [1.165, 1.54) is 12.8 Å². The average molecular weight is 377 g/mol. The van der Waals surface area contributed by atoms with Gasteiger partial charge in [-0.2, -0.15) is 0 Å². The number of pyridine rings is 1. The van der Waals surface area contributed by atoms with Gasteiger partial charge in [0.15, 0.2) is 0 Å². The second kappa shape index (κ2) is 6.51. The number of hydrogen-bond acceptors (Lipinski definition) is 5. The Labute approximate surface area is 162 Å². The molecular formula is C21H23N5O2. The smallest absolute Gasteiger partial charge is 0.220 e. The summed E-state index contributed by atoms with van der Waals surface area (Å²) in [6.07, 6.45) is 4.65. The molecule has 7 heteroatoms. The summed E-state index contributed by atoms with van der Waals surface area (Å²) in [5.41, 5.74) is 9.48. The van der Waals surface area contributed by atoms with Crippen molar-refractivity contribution in [1.29, 1.82) is 0 Å².